The molecule has 0 unspecified atom stereocenters. The number of hydrogen-bond acceptors (Lipinski definition) is 7. The molecular weight excluding hydrogens is 468 g/mol. The zero-order valence-electron chi connectivity index (χ0n) is 20.8. The molecule has 0 aliphatic carbocycles. The van der Waals surface area contributed by atoms with E-state index in [0.717, 1.165) is 36.5 Å². The highest BCUT2D eigenvalue weighted by Gasteiger charge is 2.22. The number of nitrogens with zero attached hydrogens (tertiary/aromatic N) is 3. The van der Waals surface area contributed by atoms with E-state index in [1.807, 2.05) is 12.1 Å². The number of methoxy groups -OCH3 is 2. The van der Waals surface area contributed by atoms with Crippen LogP contribution in [0.5, 0.6) is 11.5 Å². The number of aliphatic imine (C=N–C) groups is 1. The average Bonchev–Trinajstić information content (AvgIpc) is 3.42. The topological polar surface area (TPSA) is 101 Å². The van der Waals surface area contributed by atoms with Crippen LogP contribution in [0.2, 0.25) is 0 Å². The zero-order chi connectivity index (χ0) is 25.4. The molecule has 0 radical (unpaired) electrons. The highest BCUT2D eigenvalue weighted by molar-refractivity contribution is 7.89. The van der Waals surface area contributed by atoms with Crippen molar-refractivity contribution in [3.05, 3.63) is 53.6 Å². The number of rotatable bonds is 12. The Morgan fingerprint density at radius 1 is 1.03 bits per heavy atom. The van der Waals surface area contributed by atoms with E-state index in [-0.39, 0.29) is 23.8 Å². The Balaban J connectivity index is 1.45. The van der Waals surface area contributed by atoms with Crippen molar-refractivity contribution in [3.8, 4) is 11.5 Å². The Hall–Kier alpha value is -3.11. The van der Waals surface area contributed by atoms with Crippen LogP contribution in [-0.4, -0.2) is 83.9 Å². The maximum absolute atomic E-state index is 12.9. The van der Waals surface area contributed by atoms with Crippen LogP contribution in [-0.2, 0) is 21.2 Å². The average molecular weight is 503 g/mol. The highest BCUT2D eigenvalue weighted by atomic mass is 32.2. The molecule has 10 heteroatoms. The number of benzene rings is 2. The third kappa shape index (κ3) is 6.73. The first-order valence-corrected chi connectivity index (χ1v) is 13.0. The number of amidine groups is 1. The summed E-state index contributed by atoms with van der Waals surface area (Å²) in [6, 6.07) is 12.7. The monoisotopic (exact) mass is 502 g/mol. The van der Waals surface area contributed by atoms with Crippen LogP contribution in [0.1, 0.15) is 24.0 Å². The van der Waals surface area contributed by atoms with E-state index in [9.17, 15) is 13.2 Å². The van der Waals surface area contributed by atoms with Gasteiger partial charge in [-0.1, -0.05) is 24.3 Å². The molecule has 0 spiro atoms. The van der Waals surface area contributed by atoms with Gasteiger partial charge in [-0.2, -0.15) is 0 Å². The summed E-state index contributed by atoms with van der Waals surface area (Å²) in [6.45, 7) is 2.51. The van der Waals surface area contributed by atoms with Gasteiger partial charge in [0.15, 0.2) is 11.5 Å². The molecule has 0 bridgehead atoms. The number of ether oxygens (including phenoxy) is 2. The number of nitrogens with one attached hydrogen (secondary N) is 1. The Morgan fingerprint density at radius 2 is 1.74 bits per heavy atom. The first kappa shape index (κ1) is 26.5. The van der Waals surface area contributed by atoms with Gasteiger partial charge < -0.3 is 19.7 Å². The maximum Gasteiger partial charge on any atom is 0.242 e. The van der Waals surface area contributed by atoms with Gasteiger partial charge in [0.1, 0.15) is 5.84 Å². The molecule has 1 aliphatic heterocycles. The van der Waals surface area contributed by atoms with E-state index in [1.165, 1.54) is 37.7 Å². The van der Waals surface area contributed by atoms with Gasteiger partial charge in [0.05, 0.1) is 25.7 Å². The lowest BCUT2D eigenvalue weighted by atomic mass is 10.1. The van der Waals surface area contributed by atoms with Gasteiger partial charge in [-0.3, -0.25) is 9.79 Å². The van der Waals surface area contributed by atoms with E-state index in [4.69, 9.17) is 9.47 Å². The van der Waals surface area contributed by atoms with Crippen molar-refractivity contribution in [3.63, 3.8) is 0 Å². The van der Waals surface area contributed by atoms with Crippen LogP contribution in [0.15, 0.2) is 52.4 Å². The van der Waals surface area contributed by atoms with E-state index >= 15 is 0 Å². The zero-order valence-corrected chi connectivity index (χ0v) is 21.6. The summed E-state index contributed by atoms with van der Waals surface area (Å²) in [5.74, 6) is 1.72. The van der Waals surface area contributed by atoms with Crippen LogP contribution in [0.4, 0.5) is 0 Å². The molecule has 190 valence electrons. The molecule has 2 aromatic carbocycles. The second kappa shape index (κ2) is 12.0. The Morgan fingerprint density at radius 3 is 2.37 bits per heavy atom. The summed E-state index contributed by atoms with van der Waals surface area (Å²) in [7, 11) is 2.52. The van der Waals surface area contributed by atoms with Gasteiger partial charge in [-0.15, -0.1) is 0 Å². The van der Waals surface area contributed by atoms with Gasteiger partial charge in [0.2, 0.25) is 15.9 Å². The molecule has 0 atom stereocenters. The molecule has 1 N–H and O–H groups in total. The largest absolute Gasteiger partial charge is 0.493 e. The Bertz CT molecular complexity index is 1150. The van der Waals surface area contributed by atoms with Crippen molar-refractivity contribution in [2.45, 2.75) is 24.2 Å². The molecular formula is C25H34N4O5S. The summed E-state index contributed by atoms with van der Waals surface area (Å²) in [5, 5.41) is 3.26. The summed E-state index contributed by atoms with van der Waals surface area (Å²) >= 11 is 0. The smallest absolute Gasteiger partial charge is 0.242 e. The van der Waals surface area contributed by atoms with Crippen LogP contribution < -0.4 is 14.8 Å². The molecule has 0 saturated carbocycles. The Kier molecular flexibility index (Phi) is 9.11. The first-order valence-electron chi connectivity index (χ1n) is 11.6. The minimum absolute atomic E-state index is 0.0111. The molecule has 0 saturated heterocycles. The normalized spacial score (nSPS) is 13.3. The Labute approximate surface area is 207 Å². The molecule has 35 heavy (non-hydrogen) atoms. The fraction of sp³-hybridized carbons (Fsp3) is 0.440. The van der Waals surface area contributed by atoms with Crippen molar-refractivity contribution >= 4 is 21.8 Å². The molecule has 1 aliphatic rings. The van der Waals surface area contributed by atoms with E-state index in [2.05, 4.69) is 22.4 Å². The predicted molar refractivity (Wildman–Crippen MR) is 136 cm³/mol. The molecule has 0 fully saturated rings. The third-order valence-electron chi connectivity index (χ3n) is 5.99. The summed E-state index contributed by atoms with van der Waals surface area (Å²) < 4.78 is 37.4. The van der Waals surface area contributed by atoms with Crippen molar-refractivity contribution in [1.29, 1.82) is 0 Å². The number of carbonyl (C=O) groups excluding carboxylic acids is 1. The SMILES string of the molecule is COc1ccc(S(=O)(=O)N(C)CCCC(=O)N(C)CCc2ccc(C3=NCCN3)cc2)cc1OC. The van der Waals surface area contributed by atoms with Crippen molar-refractivity contribution in [2.75, 3.05) is 54.5 Å². The molecule has 0 aromatic heterocycles. The summed E-state index contributed by atoms with van der Waals surface area (Å²) in [6.07, 6.45) is 1.44. The van der Waals surface area contributed by atoms with Gasteiger partial charge >= 0.3 is 0 Å². The molecule has 1 amide bonds. The van der Waals surface area contributed by atoms with Crippen molar-refractivity contribution in [1.82, 2.24) is 14.5 Å². The fourth-order valence-electron chi connectivity index (χ4n) is 3.76. The third-order valence-corrected chi connectivity index (χ3v) is 7.84. The summed E-state index contributed by atoms with van der Waals surface area (Å²) in [4.78, 5) is 18.8. The van der Waals surface area contributed by atoms with Gasteiger partial charge in [-0.25, -0.2) is 12.7 Å². The van der Waals surface area contributed by atoms with Crippen LogP contribution >= 0.6 is 0 Å². The molecule has 2 aromatic rings. The lowest BCUT2D eigenvalue weighted by molar-refractivity contribution is -0.130. The minimum atomic E-state index is -3.71. The summed E-state index contributed by atoms with van der Waals surface area (Å²) in [5.41, 5.74) is 2.22. The van der Waals surface area contributed by atoms with Gasteiger partial charge in [-0.05, 0) is 30.5 Å². The molecule has 1 heterocycles. The number of carbonyl (C=O) groups is 1. The second-order valence-electron chi connectivity index (χ2n) is 8.37. The predicted octanol–water partition coefficient (Wildman–Crippen LogP) is 2.16. The van der Waals surface area contributed by atoms with Crippen LogP contribution in [0, 0.1) is 0 Å². The van der Waals surface area contributed by atoms with Crippen LogP contribution in [0.25, 0.3) is 0 Å². The fourth-order valence-corrected chi connectivity index (χ4v) is 4.99. The van der Waals surface area contributed by atoms with E-state index in [0.29, 0.717) is 24.5 Å². The van der Waals surface area contributed by atoms with E-state index < -0.39 is 10.0 Å². The number of hydrogen-bond donors (Lipinski definition) is 1. The number of sulfonamides is 1. The highest BCUT2D eigenvalue weighted by Crippen LogP contribution is 2.30. The van der Waals surface area contributed by atoms with E-state index in [1.54, 1.807) is 18.0 Å². The standard InChI is InChI=1S/C25H34N4O5S/c1-28(17-13-19-7-9-20(10-8-19)25-26-14-15-27-25)24(30)6-5-16-29(2)35(31,32)21-11-12-22(33-3)23(18-21)34-4/h7-12,18H,5-6,13-17H2,1-4H3,(H,26,27). The number of likely N-dealkylation sites (N-methyl/N-ethyl adjacent to an activating group) is 1. The minimum Gasteiger partial charge on any atom is -0.493 e. The molecule has 9 nitrogen and oxygen atoms in total. The quantitative estimate of drug-likeness (QED) is 0.477. The number of amides is 1. The van der Waals surface area contributed by atoms with Crippen LogP contribution in [0.3, 0.4) is 0 Å². The van der Waals surface area contributed by atoms with Crippen molar-refractivity contribution in [2.24, 2.45) is 4.99 Å². The maximum atomic E-state index is 12.9. The lowest BCUT2D eigenvalue weighted by Gasteiger charge is -2.20. The lowest BCUT2D eigenvalue weighted by Crippen LogP contribution is -2.31. The van der Waals surface area contributed by atoms with Gasteiger partial charge in [0, 0.05) is 51.8 Å². The second-order valence-corrected chi connectivity index (χ2v) is 10.4. The first-order chi connectivity index (χ1) is 16.8. The molecule has 3 rings (SSSR count). The van der Waals surface area contributed by atoms with Gasteiger partial charge in [0.25, 0.3) is 0 Å². The van der Waals surface area contributed by atoms with Crippen molar-refractivity contribution < 1.29 is 22.7 Å².